The molecule has 1 saturated heterocycles. The zero-order valence-electron chi connectivity index (χ0n) is 13.6. The number of carbonyl (C=O) groups excluding carboxylic acids is 2. The maximum atomic E-state index is 12.8. The van der Waals surface area contributed by atoms with Gasteiger partial charge in [0, 0.05) is 30.1 Å². The molecule has 3 atom stereocenters. The minimum Gasteiger partial charge on any atom is -0.396 e. The highest BCUT2D eigenvalue weighted by molar-refractivity contribution is 6.35. The summed E-state index contributed by atoms with van der Waals surface area (Å²) in [6, 6.07) is 4.13. The molecule has 3 rings (SSSR count). The van der Waals surface area contributed by atoms with E-state index in [2.05, 4.69) is 5.32 Å². The fraction of sp³-hybridized carbons (Fsp3) is 0.444. The summed E-state index contributed by atoms with van der Waals surface area (Å²) in [7, 11) is 0. The summed E-state index contributed by atoms with van der Waals surface area (Å²) in [4.78, 5) is 27.0. The van der Waals surface area contributed by atoms with Crippen LogP contribution < -0.4 is 5.32 Å². The molecule has 1 aliphatic carbocycles. The number of likely N-dealkylation sites (tertiary alicyclic amines) is 1. The number of nitrogens with one attached hydrogen (secondary N) is 1. The highest BCUT2D eigenvalue weighted by Crippen LogP contribution is 2.27. The first-order valence-corrected chi connectivity index (χ1v) is 9.10. The molecule has 25 heavy (non-hydrogen) atoms. The highest BCUT2D eigenvalue weighted by atomic mass is 35.5. The van der Waals surface area contributed by atoms with Crippen molar-refractivity contribution in [1.29, 1.82) is 0 Å². The van der Waals surface area contributed by atoms with Gasteiger partial charge >= 0.3 is 0 Å². The van der Waals surface area contributed by atoms with Crippen molar-refractivity contribution in [1.82, 2.24) is 10.2 Å². The van der Waals surface area contributed by atoms with Crippen molar-refractivity contribution in [3.63, 3.8) is 0 Å². The molecule has 0 aromatic heterocycles. The van der Waals surface area contributed by atoms with Gasteiger partial charge in [0.05, 0.1) is 10.6 Å². The Morgan fingerprint density at radius 1 is 1.28 bits per heavy atom. The van der Waals surface area contributed by atoms with Crippen molar-refractivity contribution < 1.29 is 14.7 Å². The average Bonchev–Trinajstić information content (AvgIpc) is 3.25. The minimum absolute atomic E-state index is 0.0736. The number of hydrogen-bond donors (Lipinski definition) is 2. The predicted molar refractivity (Wildman–Crippen MR) is 96.8 cm³/mol. The van der Waals surface area contributed by atoms with E-state index >= 15 is 0 Å². The van der Waals surface area contributed by atoms with Crippen LogP contribution in [0, 0.1) is 5.92 Å². The van der Waals surface area contributed by atoms with E-state index in [0.717, 1.165) is 6.42 Å². The van der Waals surface area contributed by atoms with Gasteiger partial charge in [-0.05, 0) is 37.5 Å². The third-order valence-corrected chi connectivity index (χ3v) is 5.27. The molecule has 0 bridgehead atoms. The van der Waals surface area contributed by atoms with Gasteiger partial charge in [0.1, 0.15) is 6.04 Å². The first kappa shape index (κ1) is 18.2. The molecule has 1 aliphatic heterocycles. The second-order valence-corrected chi connectivity index (χ2v) is 7.30. The van der Waals surface area contributed by atoms with E-state index in [1.54, 1.807) is 17.0 Å². The largest absolute Gasteiger partial charge is 0.396 e. The first-order chi connectivity index (χ1) is 12.0. The fourth-order valence-electron chi connectivity index (χ4n) is 3.39. The van der Waals surface area contributed by atoms with Gasteiger partial charge in [-0.2, -0.15) is 0 Å². The Morgan fingerprint density at radius 2 is 2.08 bits per heavy atom. The number of benzene rings is 1. The number of halogens is 2. The molecule has 1 aromatic rings. The Bertz CT molecular complexity index is 708. The molecule has 1 aromatic carbocycles. The molecule has 134 valence electrons. The van der Waals surface area contributed by atoms with E-state index in [4.69, 9.17) is 23.2 Å². The molecule has 0 radical (unpaired) electrons. The molecule has 5 nitrogen and oxygen atoms in total. The summed E-state index contributed by atoms with van der Waals surface area (Å²) in [5, 5.41) is 12.9. The van der Waals surface area contributed by atoms with Crippen LogP contribution in [0.4, 0.5) is 0 Å². The van der Waals surface area contributed by atoms with Gasteiger partial charge in [-0.25, -0.2) is 0 Å². The lowest BCUT2D eigenvalue weighted by atomic mass is 10.1. The van der Waals surface area contributed by atoms with E-state index < -0.39 is 6.04 Å². The van der Waals surface area contributed by atoms with Crippen LogP contribution in [0.5, 0.6) is 0 Å². The van der Waals surface area contributed by atoms with Crippen molar-refractivity contribution in [2.45, 2.75) is 31.3 Å². The second-order valence-electron chi connectivity index (χ2n) is 6.46. The Kier molecular flexibility index (Phi) is 5.67. The number of rotatable bonds is 4. The highest BCUT2D eigenvalue weighted by Gasteiger charge is 2.36. The molecule has 0 saturated carbocycles. The van der Waals surface area contributed by atoms with Crippen LogP contribution in [0.2, 0.25) is 10.0 Å². The quantitative estimate of drug-likeness (QED) is 0.786. The van der Waals surface area contributed by atoms with Crippen molar-refractivity contribution in [3.05, 3.63) is 46.0 Å². The van der Waals surface area contributed by atoms with Crippen molar-refractivity contribution in [2.24, 2.45) is 5.92 Å². The average molecular weight is 383 g/mol. The number of aliphatic hydroxyl groups is 1. The molecule has 2 N–H and O–H groups in total. The predicted octanol–water partition coefficient (Wildman–Crippen LogP) is 2.65. The summed E-state index contributed by atoms with van der Waals surface area (Å²) >= 11 is 12.1. The maximum absolute atomic E-state index is 12.8. The summed E-state index contributed by atoms with van der Waals surface area (Å²) < 4.78 is 0. The number of nitrogens with zero attached hydrogens (tertiary/aromatic N) is 1. The van der Waals surface area contributed by atoms with Gasteiger partial charge in [0.2, 0.25) is 5.91 Å². The van der Waals surface area contributed by atoms with Crippen LogP contribution in [-0.4, -0.2) is 47.1 Å². The summed E-state index contributed by atoms with van der Waals surface area (Å²) in [6.07, 6.45) is 5.88. The minimum atomic E-state index is -0.510. The first-order valence-electron chi connectivity index (χ1n) is 8.35. The fourth-order valence-corrected chi connectivity index (χ4v) is 3.76. The van der Waals surface area contributed by atoms with E-state index in [1.807, 2.05) is 12.2 Å². The van der Waals surface area contributed by atoms with Gasteiger partial charge in [-0.3, -0.25) is 9.59 Å². The summed E-state index contributed by atoms with van der Waals surface area (Å²) in [6.45, 7) is 0.587. The van der Waals surface area contributed by atoms with Crippen LogP contribution in [0.3, 0.4) is 0 Å². The van der Waals surface area contributed by atoms with Crippen LogP contribution >= 0.6 is 23.2 Å². The molecule has 7 heteroatoms. The Balaban J connectivity index is 1.70. The Hall–Kier alpha value is -1.56. The Labute approximate surface area is 156 Å². The molecule has 1 fully saturated rings. The van der Waals surface area contributed by atoms with Gasteiger partial charge in [-0.1, -0.05) is 35.4 Å². The molecule has 2 amide bonds. The van der Waals surface area contributed by atoms with Gasteiger partial charge in [0.25, 0.3) is 5.91 Å². The van der Waals surface area contributed by atoms with Crippen LogP contribution in [-0.2, 0) is 4.79 Å². The monoisotopic (exact) mass is 382 g/mol. The normalized spacial score (nSPS) is 25.4. The van der Waals surface area contributed by atoms with Gasteiger partial charge in [-0.15, -0.1) is 0 Å². The van der Waals surface area contributed by atoms with Gasteiger partial charge in [0.15, 0.2) is 0 Å². The number of carbonyl (C=O) groups is 2. The third-order valence-electron chi connectivity index (χ3n) is 4.71. The lowest BCUT2D eigenvalue weighted by molar-refractivity contribution is -0.125. The molecule has 0 spiro atoms. The molecular formula is C18H20Cl2N2O3. The van der Waals surface area contributed by atoms with E-state index in [1.165, 1.54) is 6.07 Å². The van der Waals surface area contributed by atoms with Crippen LogP contribution in [0.1, 0.15) is 29.6 Å². The van der Waals surface area contributed by atoms with Crippen molar-refractivity contribution in [3.8, 4) is 0 Å². The molecule has 0 unspecified atom stereocenters. The third kappa shape index (κ3) is 4.00. The maximum Gasteiger partial charge on any atom is 0.256 e. The Morgan fingerprint density at radius 3 is 2.80 bits per heavy atom. The van der Waals surface area contributed by atoms with Crippen LogP contribution in [0.25, 0.3) is 0 Å². The number of amides is 2. The molecule has 2 aliphatic rings. The smallest absolute Gasteiger partial charge is 0.256 e. The van der Waals surface area contributed by atoms with Gasteiger partial charge < -0.3 is 15.3 Å². The lowest BCUT2D eigenvalue weighted by Crippen LogP contribution is -2.48. The SMILES string of the molecule is O=C(N[C@@H]1C=C[C@H](CO)C1)[C@H]1CCCN1C(=O)c1cc(Cl)ccc1Cl. The van der Waals surface area contributed by atoms with Crippen LogP contribution in [0.15, 0.2) is 30.4 Å². The standard InChI is InChI=1S/C18H20Cl2N2O3/c19-12-4-6-15(20)14(9-12)18(25)22-7-1-2-16(22)17(24)21-13-5-3-11(8-13)10-23/h3-6,9,11,13,16,23H,1-2,7-8,10H2,(H,21,24)/t11-,13+,16+/m0/s1. The summed E-state index contributed by atoms with van der Waals surface area (Å²) in [5.41, 5.74) is 0.315. The molecule has 1 heterocycles. The van der Waals surface area contributed by atoms with E-state index in [-0.39, 0.29) is 30.4 Å². The van der Waals surface area contributed by atoms with E-state index in [0.29, 0.717) is 35.0 Å². The summed E-state index contributed by atoms with van der Waals surface area (Å²) in [5.74, 6) is -0.366. The molecular weight excluding hydrogens is 363 g/mol. The zero-order chi connectivity index (χ0) is 18.0. The second kappa shape index (κ2) is 7.77. The van der Waals surface area contributed by atoms with Crippen molar-refractivity contribution in [2.75, 3.05) is 13.2 Å². The van der Waals surface area contributed by atoms with E-state index in [9.17, 15) is 14.7 Å². The number of hydrogen-bond acceptors (Lipinski definition) is 3. The number of aliphatic hydroxyl groups excluding tert-OH is 1. The zero-order valence-corrected chi connectivity index (χ0v) is 15.1. The van der Waals surface area contributed by atoms with Crippen molar-refractivity contribution >= 4 is 35.0 Å². The lowest BCUT2D eigenvalue weighted by Gasteiger charge is -2.26. The topological polar surface area (TPSA) is 69.6 Å².